The SMILES string of the molecule is COCCN(Cc1nccn1Cc1ccc(Cl)c(Cl)c1)C(=O)C1CCCC1. The summed E-state index contributed by atoms with van der Waals surface area (Å²) in [4.78, 5) is 19.3. The number of hydrogen-bond donors (Lipinski definition) is 0. The fourth-order valence-corrected chi connectivity index (χ4v) is 3.86. The molecule has 1 aromatic heterocycles. The third kappa shape index (κ3) is 5.24. The smallest absolute Gasteiger partial charge is 0.226 e. The minimum absolute atomic E-state index is 0.139. The van der Waals surface area contributed by atoms with E-state index in [2.05, 4.69) is 4.98 Å². The standard InChI is InChI=1S/C20H25Cl2N3O2/c1-27-11-10-25(20(26)16-4-2-3-5-16)14-19-23-8-9-24(19)13-15-6-7-17(21)18(22)12-15/h6-9,12,16H,2-5,10-11,13-14H2,1H3. The summed E-state index contributed by atoms with van der Waals surface area (Å²) in [5, 5.41) is 1.08. The lowest BCUT2D eigenvalue weighted by molar-refractivity contribution is -0.136. The zero-order valence-corrected chi connectivity index (χ0v) is 17.0. The first-order chi connectivity index (χ1) is 13.1. The maximum Gasteiger partial charge on any atom is 0.226 e. The Bertz CT molecular complexity index is 772. The molecule has 0 spiro atoms. The summed E-state index contributed by atoms with van der Waals surface area (Å²) >= 11 is 12.1. The van der Waals surface area contributed by atoms with Crippen LogP contribution in [0, 0.1) is 5.92 Å². The highest BCUT2D eigenvalue weighted by Crippen LogP contribution is 2.27. The second-order valence-corrected chi connectivity index (χ2v) is 7.77. The Morgan fingerprint density at radius 2 is 2.07 bits per heavy atom. The van der Waals surface area contributed by atoms with E-state index in [1.165, 1.54) is 0 Å². The molecule has 1 aliphatic carbocycles. The van der Waals surface area contributed by atoms with E-state index >= 15 is 0 Å². The number of ether oxygens (including phenoxy) is 1. The molecule has 146 valence electrons. The van der Waals surface area contributed by atoms with Crippen LogP contribution in [0.15, 0.2) is 30.6 Å². The van der Waals surface area contributed by atoms with Crippen LogP contribution in [-0.4, -0.2) is 40.6 Å². The molecule has 0 aliphatic heterocycles. The minimum Gasteiger partial charge on any atom is -0.383 e. The Hall–Kier alpha value is -1.56. The van der Waals surface area contributed by atoms with E-state index in [0.717, 1.165) is 37.1 Å². The summed E-state index contributed by atoms with van der Waals surface area (Å²) in [6.45, 7) is 2.20. The molecule has 1 aliphatic rings. The Morgan fingerprint density at radius 3 is 2.78 bits per heavy atom. The fourth-order valence-electron chi connectivity index (χ4n) is 3.54. The van der Waals surface area contributed by atoms with Crippen LogP contribution in [0.5, 0.6) is 0 Å². The van der Waals surface area contributed by atoms with Gasteiger partial charge >= 0.3 is 0 Å². The molecule has 1 saturated carbocycles. The van der Waals surface area contributed by atoms with Gasteiger partial charge in [-0.2, -0.15) is 0 Å². The highest BCUT2D eigenvalue weighted by Gasteiger charge is 2.27. The molecule has 5 nitrogen and oxygen atoms in total. The van der Waals surface area contributed by atoms with Gasteiger partial charge in [0.15, 0.2) is 0 Å². The highest BCUT2D eigenvalue weighted by molar-refractivity contribution is 6.42. The van der Waals surface area contributed by atoms with Gasteiger partial charge in [-0.3, -0.25) is 4.79 Å². The van der Waals surface area contributed by atoms with E-state index in [4.69, 9.17) is 27.9 Å². The summed E-state index contributed by atoms with van der Waals surface area (Å²) in [6, 6.07) is 5.61. The molecule has 2 aromatic rings. The van der Waals surface area contributed by atoms with Gasteiger partial charge in [0.05, 0.1) is 23.2 Å². The molecule has 0 atom stereocenters. The number of nitrogens with zero attached hydrogens (tertiary/aromatic N) is 3. The topological polar surface area (TPSA) is 47.4 Å². The number of methoxy groups -OCH3 is 1. The number of rotatable bonds is 8. The molecule has 1 amide bonds. The monoisotopic (exact) mass is 409 g/mol. The number of hydrogen-bond acceptors (Lipinski definition) is 3. The summed E-state index contributed by atoms with van der Waals surface area (Å²) in [5.74, 6) is 1.21. The Morgan fingerprint density at radius 1 is 1.30 bits per heavy atom. The van der Waals surface area contributed by atoms with E-state index in [1.807, 2.05) is 27.8 Å². The lowest BCUT2D eigenvalue weighted by atomic mass is 10.1. The molecule has 1 aromatic carbocycles. The van der Waals surface area contributed by atoms with Gasteiger partial charge in [0.2, 0.25) is 5.91 Å². The molecule has 3 rings (SSSR count). The van der Waals surface area contributed by atoms with Crippen molar-refractivity contribution in [2.75, 3.05) is 20.3 Å². The first kappa shape index (κ1) is 20.2. The third-order valence-electron chi connectivity index (χ3n) is 5.05. The first-order valence-electron chi connectivity index (χ1n) is 9.30. The van der Waals surface area contributed by atoms with Crippen molar-refractivity contribution in [2.45, 2.75) is 38.8 Å². The Kier molecular flexibility index (Phi) is 7.16. The minimum atomic E-state index is 0.139. The van der Waals surface area contributed by atoms with Gasteiger partial charge < -0.3 is 14.2 Å². The first-order valence-corrected chi connectivity index (χ1v) is 10.1. The van der Waals surface area contributed by atoms with E-state index in [9.17, 15) is 4.79 Å². The van der Waals surface area contributed by atoms with Gasteiger partial charge in [-0.25, -0.2) is 4.98 Å². The lowest BCUT2D eigenvalue weighted by Gasteiger charge is -2.25. The predicted molar refractivity (Wildman–Crippen MR) is 107 cm³/mol. The molecule has 27 heavy (non-hydrogen) atoms. The van der Waals surface area contributed by atoms with Crippen molar-refractivity contribution in [3.63, 3.8) is 0 Å². The normalized spacial score (nSPS) is 14.6. The fraction of sp³-hybridized carbons (Fsp3) is 0.500. The molecule has 0 bridgehead atoms. The molecule has 0 unspecified atom stereocenters. The molecule has 1 fully saturated rings. The molecule has 0 N–H and O–H groups in total. The van der Waals surface area contributed by atoms with Crippen LogP contribution in [0.1, 0.15) is 37.1 Å². The third-order valence-corrected chi connectivity index (χ3v) is 5.79. The molecular weight excluding hydrogens is 385 g/mol. The van der Waals surface area contributed by atoms with Gasteiger partial charge in [0.1, 0.15) is 5.82 Å². The number of imidazole rings is 1. The van der Waals surface area contributed by atoms with Crippen molar-refractivity contribution in [1.82, 2.24) is 14.5 Å². The zero-order valence-electron chi connectivity index (χ0n) is 15.5. The van der Waals surface area contributed by atoms with E-state index in [-0.39, 0.29) is 11.8 Å². The number of amides is 1. The second-order valence-electron chi connectivity index (χ2n) is 6.95. The van der Waals surface area contributed by atoms with Crippen molar-refractivity contribution in [1.29, 1.82) is 0 Å². The molecule has 0 radical (unpaired) electrons. The lowest BCUT2D eigenvalue weighted by Crippen LogP contribution is -2.38. The zero-order chi connectivity index (χ0) is 19.2. The number of aromatic nitrogens is 2. The summed E-state index contributed by atoms with van der Waals surface area (Å²) in [7, 11) is 1.66. The Labute approximate surface area is 170 Å². The van der Waals surface area contributed by atoms with Gasteiger partial charge in [0, 0.05) is 38.5 Å². The quantitative estimate of drug-likeness (QED) is 0.648. The van der Waals surface area contributed by atoms with Crippen LogP contribution in [0.3, 0.4) is 0 Å². The Balaban J connectivity index is 1.73. The van der Waals surface area contributed by atoms with Crippen LogP contribution in [0.25, 0.3) is 0 Å². The van der Waals surface area contributed by atoms with E-state index in [0.29, 0.717) is 36.3 Å². The summed E-state index contributed by atoms with van der Waals surface area (Å²) < 4.78 is 7.25. The average Bonchev–Trinajstić information content (AvgIpc) is 3.33. The maximum atomic E-state index is 12.9. The van der Waals surface area contributed by atoms with Gasteiger partial charge in [0.25, 0.3) is 0 Å². The van der Waals surface area contributed by atoms with Crippen LogP contribution in [0.2, 0.25) is 10.0 Å². The van der Waals surface area contributed by atoms with Gasteiger partial charge in [-0.1, -0.05) is 42.1 Å². The van der Waals surface area contributed by atoms with Crippen molar-refractivity contribution in [2.24, 2.45) is 5.92 Å². The molecule has 7 heteroatoms. The number of carbonyl (C=O) groups is 1. The van der Waals surface area contributed by atoms with Crippen LogP contribution in [0.4, 0.5) is 0 Å². The van der Waals surface area contributed by atoms with Crippen LogP contribution >= 0.6 is 23.2 Å². The molecular formula is C20H25Cl2N3O2. The molecule has 0 saturated heterocycles. The van der Waals surface area contributed by atoms with E-state index in [1.54, 1.807) is 19.4 Å². The predicted octanol–water partition coefficient (Wildman–Crippen LogP) is 4.40. The summed E-state index contributed by atoms with van der Waals surface area (Å²) in [5.41, 5.74) is 1.04. The van der Waals surface area contributed by atoms with Crippen molar-refractivity contribution in [3.05, 3.63) is 52.0 Å². The van der Waals surface area contributed by atoms with Crippen LogP contribution < -0.4 is 0 Å². The summed E-state index contributed by atoms with van der Waals surface area (Å²) in [6.07, 6.45) is 7.94. The van der Waals surface area contributed by atoms with Crippen molar-refractivity contribution >= 4 is 29.1 Å². The largest absolute Gasteiger partial charge is 0.383 e. The van der Waals surface area contributed by atoms with Crippen LogP contribution in [-0.2, 0) is 22.6 Å². The number of benzene rings is 1. The second kappa shape index (κ2) is 9.58. The van der Waals surface area contributed by atoms with Crippen molar-refractivity contribution < 1.29 is 9.53 Å². The van der Waals surface area contributed by atoms with Gasteiger partial charge in [-0.05, 0) is 30.5 Å². The van der Waals surface area contributed by atoms with Gasteiger partial charge in [-0.15, -0.1) is 0 Å². The van der Waals surface area contributed by atoms with E-state index < -0.39 is 0 Å². The maximum absolute atomic E-state index is 12.9. The van der Waals surface area contributed by atoms with Crippen molar-refractivity contribution in [3.8, 4) is 0 Å². The average molecular weight is 410 g/mol. The highest BCUT2D eigenvalue weighted by atomic mass is 35.5. The number of carbonyl (C=O) groups excluding carboxylic acids is 1. The number of halogens is 2. The molecule has 1 heterocycles.